The maximum Gasteiger partial charge on any atom is 0.165 e. The predicted molar refractivity (Wildman–Crippen MR) is 110 cm³/mol. The molecule has 2 aromatic rings. The van der Waals surface area contributed by atoms with Crippen LogP contribution in [0.4, 0.5) is 0 Å². The molecular weight excluding hydrogens is 402 g/mol. The molecule has 0 fully saturated rings. The van der Waals surface area contributed by atoms with E-state index in [0.29, 0.717) is 12.6 Å². The van der Waals surface area contributed by atoms with Crippen LogP contribution in [0.5, 0.6) is 11.5 Å². The highest BCUT2D eigenvalue weighted by molar-refractivity contribution is 9.10. The fourth-order valence-electron chi connectivity index (χ4n) is 2.81. The van der Waals surface area contributed by atoms with Gasteiger partial charge in [-0.25, -0.2) is 0 Å². The second kappa shape index (κ2) is 11.4. The molecule has 0 aliphatic rings. The van der Waals surface area contributed by atoms with Gasteiger partial charge in [0.1, 0.15) is 0 Å². The van der Waals surface area contributed by atoms with Crippen LogP contribution in [-0.2, 0) is 6.54 Å². The second-order valence-electron chi connectivity index (χ2n) is 5.66. The molecule has 25 heavy (non-hydrogen) atoms. The smallest absolute Gasteiger partial charge is 0.165 e. The Kier molecular flexibility index (Phi) is 9.94. The Bertz CT molecular complexity index is 637. The number of rotatable bonds is 9. The summed E-state index contributed by atoms with van der Waals surface area (Å²) in [6.07, 6.45) is 2.23. The first-order valence-corrected chi connectivity index (χ1v) is 9.26. The minimum Gasteiger partial charge on any atom is -0.493 e. The van der Waals surface area contributed by atoms with Crippen molar-refractivity contribution in [1.29, 1.82) is 0 Å². The monoisotopic (exact) mass is 427 g/mol. The Morgan fingerprint density at radius 1 is 1.12 bits per heavy atom. The highest BCUT2D eigenvalue weighted by Gasteiger charge is 2.15. The van der Waals surface area contributed by atoms with Crippen molar-refractivity contribution < 1.29 is 9.47 Å². The topological polar surface area (TPSA) is 30.5 Å². The molecule has 1 unspecified atom stereocenters. The molecule has 0 saturated carbocycles. The summed E-state index contributed by atoms with van der Waals surface area (Å²) in [5.41, 5.74) is 2.42. The number of halogens is 2. The van der Waals surface area contributed by atoms with Gasteiger partial charge in [-0.3, -0.25) is 0 Å². The van der Waals surface area contributed by atoms with Crippen molar-refractivity contribution in [1.82, 2.24) is 5.32 Å². The Balaban J connectivity index is 0.00000312. The molecule has 1 atom stereocenters. The minimum atomic E-state index is 0. The fraction of sp³-hybridized carbons (Fsp3) is 0.400. The van der Waals surface area contributed by atoms with E-state index in [2.05, 4.69) is 64.6 Å². The molecule has 0 aliphatic carbocycles. The van der Waals surface area contributed by atoms with Crippen LogP contribution in [-0.4, -0.2) is 13.7 Å². The quantitative estimate of drug-likeness (QED) is 0.538. The number of benzene rings is 2. The third-order valence-corrected chi connectivity index (χ3v) is 4.38. The molecule has 138 valence electrons. The van der Waals surface area contributed by atoms with Crippen molar-refractivity contribution in [3.8, 4) is 11.5 Å². The van der Waals surface area contributed by atoms with Crippen molar-refractivity contribution in [2.75, 3.05) is 13.7 Å². The van der Waals surface area contributed by atoms with Crippen molar-refractivity contribution in [2.24, 2.45) is 0 Å². The first-order valence-electron chi connectivity index (χ1n) is 8.47. The molecular formula is C20H27BrClNO2. The summed E-state index contributed by atoms with van der Waals surface area (Å²) >= 11 is 3.56. The first-order chi connectivity index (χ1) is 11.7. The van der Waals surface area contributed by atoms with Gasteiger partial charge in [0.25, 0.3) is 0 Å². The van der Waals surface area contributed by atoms with Gasteiger partial charge >= 0.3 is 0 Å². The summed E-state index contributed by atoms with van der Waals surface area (Å²) in [5, 5.41) is 3.67. The molecule has 0 saturated heterocycles. The largest absolute Gasteiger partial charge is 0.493 e. The Morgan fingerprint density at radius 2 is 1.84 bits per heavy atom. The predicted octanol–water partition coefficient (Wildman–Crippen LogP) is 5.91. The van der Waals surface area contributed by atoms with Crippen molar-refractivity contribution >= 4 is 28.3 Å². The molecule has 1 N–H and O–H groups in total. The summed E-state index contributed by atoms with van der Waals surface area (Å²) < 4.78 is 12.3. The molecule has 2 aromatic carbocycles. The van der Waals surface area contributed by atoms with Crippen LogP contribution < -0.4 is 14.8 Å². The molecule has 0 aliphatic heterocycles. The normalized spacial score (nSPS) is 11.5. The van der Waals surface area contributed by atoms with Crippen LogP contribution >= 0.6 is 28.3 Å². The third-order valence-electron chi connectivity index (χ3n) is 3.92. The molecule has 0 aromatic heterocycles. The van der Waals surface area contributed by atoms with E-state index in [0.717, 1.165) is 40.9 Å². The summed E-state index contributed by atoms with van der Waals surface area (Å²) in [6.45, 7) is 5.54. The number of hydrogen-bond donors (Lipinski definition) is 1. The maximum atomic E-state index is 5.83. The van der Waals surface area contributed by atoms with Gasteiger partial charge in [-0.2, -0.15) is 0 Å². The Labute approximate surface area is 165 Å². The second-order valence-corrected chi connectivity index (χ2v) is 6.58. The lowest BCUT2D eigenvalue weighted by atomic mass is 10.0. The standard InChI is InChI=1S/C20H26BrNO2.ClH/c1-4-9-18(15-10-7-6-8-11-15)22-14-16-12-17(21)13-19(23-3)20(16)24-5-2;/h6-8,10-13,18,22H,4-5,9,14H2,1-3H3;1H. The summed E-state index contributed by atoms with van der Waals surface area (Å²) in [5.74, 6) is 1.58. The first kappa shape index (κ1) is 21.8. The number of nitrogens with one attached hydrogen (secondary N) is 1. The lowest BCUT2D eigenvalue weighted by Gasteiger charge is -2.21. The zero-order valence-electron chi connectivity index (χ0n) is 15.0. The Morgan fingerprint density at radius 3 is 2.44 bits per heavy atom. The van der Waals surface area contributed by atoms with Gasteiger partial charge in [-0.05, 0) is 31.0 Å². The molecule has 0 radical (unpaired) electrons. The van der Waals surface area contributed by atoms with Crippen molar-refractivity contribution in [2.45, 2.75) is 39.3 Å². The summed E-state index contributed by atoms with van der Waals surface area (Å²) in [6, 6.07) is 15.0. The number of methoxy groups -OCH3 is 1. The van der Waals surface area contributed by atoms with E-state index in [1.165, 1.54) is 5.56 Å². The van der Waals surface area contributed by atoms with Crippen LogP contribution in [0.2, 0.25) is 0 Å². The maximum absolute atomic E-state index is 5.83. The van der Waals surface area contributed by atoms with Gasteiger partial charge in [-0.15, -0.1) is 12.4 Å². The molecule has 5 heteroatoms. The zero-order chi connectivity index (χ0) is 17.4. The van der Waals surface area contributed by atoms with Gasteiger partial charge in [0.2, 0.25) is 0 Å². The van der Waals surface area contributed by atoms with Crippen molar-refractivity contribution in [3.05, 3.63) is 58.1 Å². The highest BCUT2D eigenvalue weighted by Crippen LogP contribution is 2.35. The lowest BCUT2D eigenvalue weighted by Crippen LogP contribution is -2.21. The molecule has 2 rings (SSSR count). The van der Waals surface area contributed by atoms with Gasteiger partial charge in [0, 0.05) is 22.6 Å². The average molecular weight is 429 g/mol. The molecule has 0 spiro atoms. The molecule has 0 heterocycles. The van der Waals surface area contributed by atoms with Gasteiger partial charge in [0.05, 0.1) is 13.7 Å². The molecule has 0 amide bonds. The van der Waals surface area contributed by atoms with E-state index in [-0.39, 0.29) is 12.4 Å². The number of hydrogen-bond acceptors (Lipinski definition) is 3. The van der Waals surface area contributed by atoms with E-state index < -0.39 is 0 Å². The SMILES string of the molecule is CCCC(NCc1cc(Br)cc(OC)c1OCC)c1ccccc1.Cl. The van der Waals surface area contributed by atoms with Gasteiger partial charge < -0.3 is 14.8 Å². The van der Waals surface area contributed by atoms with E-state index in [4.69, 9.17) is 9.47 Å². The van der Waals surface area contributed by atoms with Crippen LogP contribution in [0.15, 0.2) is 46.9 Å². The lowest BCUT2D eigenvalue weighted by molar-refractivity contribution is 0.305. The summed E-state index contributed by atoms with van der Waals surface area (Å²) in [7, 11) is 1.67. The minimum absolute atomic E-state index is 0. The molecule has 3 nitrogen and oxygen atoms in total. The molecule has 0 bridgehead atoms. The Hall–Kier alpha value is -1.23. The third kappa shape index (κ3) is 6.21. The number of ether oxygens (including phenoxy) is 2. The average Bonchev–Trinajstić information content (AvgIpc) is 2.61. The van der Waals surface area contributed by atoms with Crippen LogP contribution in [0.25, 0.3) is 0 Å². The van der Waals surface area contributed by atoms with E-state index in [1.54, 1.807) is 7.11 Å². The van der Waals surface area contributed by atoms with E-state index >= 15 is 0 Å². The van der Waals surface area contributed by atoms with Gasteiger partial charge in [-0.1, -0.05) is 59.6 Å². The summed E-state index contributed by atoms with van der Waals surface area (Å²) in [4.78, 5) is 0. The zero-order valence-corrected chi connectivity index (χ0v) is 17.5. The van der Waals surface area contributed by atoms with E-state index in [9.17, 15) is 0 Å². The van der Waals surface area contributed by atoms with Crippen molar-refractivity contribution in [3.63, 3.8) is 0 Å². The van der Waals surface area contributed by atoms with E-state index in [1.807, 2.05) is 13.0 Å². The van der Waals surface area contributed by atoms with Gasteiger partial charge in [0.15, 0.2) is 11.5 Å². The van der Waals surface area contributed by atoms with Crippen LogP contribution in [0.1, 0.15) is 43.9 Å². The highest BCUT2D eigenvalue weighted by atomic mass is 79.9. The van der Waals surface area contributed by atoms with Crippen LogP contribution in [0.3, 0.4) is 0 Å². The van der Waals surface area contributed by atoms with Crippen LogP contribution in [0, 0.1) is 0 Å². The fourth-order valence-corrected chi connectivity index (χ4v) is 3.29.